The number of rotatable bonds is 57. The Morgan fingerprint density at radius 2 is 0.542 bits per heavy atom. The highest BCUT2D eigenvalue weighted by Gasteiger charge is 2.19. The van der Waals surface area contributed by atoms with Gasteiger partial charge in [-0.25, -0.2) is 0 Å². The Balaban J connectivity index is 4.10. The lowest BCUT2D eigenvalue weighted by Crippen LogP contribution is -2.30. The van der Waals surface area contributed by atoms with Gasteiger partial charge in [0.1, 0.15) is 13.2 Å². The molecule has 0 bridgehead atoms. The molecule has 0 aliphatic rings. The van der Waals surface area contributed by atoms with Gasteiger partial charge in [0.2, 0.25) is 0 Å². The van der Waals surface area contributed by atoms with E-state index in [2.05, 4.69) is 81.5 Å². The Morgan fingerprint density at radius 1 is 0.292 bits per heavy atom. The number of unbranched alkanes of at least 4 members (excludes halogenated alkanes) is 36. The van der Waals surface area contributed by atoms with Crippen molar-refractivity contribution < 1.29 is 28.6 Å². The first-order valence-corrected chi connectivity index (χ1v) is 31.3. The molecule has 0 radical (unpaired) electrons. The molecule has 1 atom stereocenters. The summed E-state index contributed by atoms with van der Waals surface area (Å²) in [5.74, 6) is -0.865. The van der Waals surface area contributed by atoms with Crippen LogP contribution in [0, 0.1) is 0 Å². The third-order valence-electron chi connectivity index (χ3n) is 13.8. The van der Waals surface area contributed by atoms with Gasteiger partial charge in [0, 0.05) is 19.3 Å². The quantitative estimate of drug-likeness (QED) is 0.0261. The second-order valence-corrected chi connectivity index (χ2v) is 20.9. The largest absolute Gasteiger partial charge is 0.462 e. The van der Waals surface area contributed by atoms with Crippen LogP contribution >= 0.6 is 0 Å². The molecule has 6 heteroatoms. The van der Waals surface area contributed by atoms with Crippen LogP contribution in [0.5, 0.6) is 0 Å². The third-order valence-corrected chi connectivity index (χ3v) is 13.8. The SMILES string of the molecule is CC/C=C\C/C=C\C/C=C\C/C=C\CCCCCCCCCCCCCCCCCCC(=O)OCC(COC(=O)CCCCCCCCCC)OC(=O)CCCCCCCCC/C=C\CCCCCCCC. The molecule has 0 saturated heterocycles. The highest BCUT2D eigenvalue weighted by atomic mass is 16.6. The van der Waals surface area contributed by atoms with Crippen molar-refractivity contribution in [1.82, 2.24) is 0 Å². The summed E-state index contributed by atoms with van der Waals surface area (Å²) < 4.78 is 16.8. The number of allylic oxidation sites excluding steroid dienone is 10. The van der Waals surface area contributed by atoms with Crippen molar-refractivity contribution in [2.24, 2.45) is 0 Å². The van der Waals surface area contributed by atoms with Crippen LogP contribution < -0.4 is 0 Å². The summed E-state index contributed by atoms with van der Waals surface area (Å²) in [5, 5.41) is 0. The van der Waals surface area contributed by atoms with Gasteiger partial charge in [0.25, 0.3) is 0 Å². The lowest BCUT2D eigenvalue weighted by Gasteiger charge is -2.18. The predicted octanol–water partition coefficient (Wildman–Crippen LogP) is 21.2. The highest BCUT2D eigenvalue weighted by Crippen LogP contribution is 2.17. The van der Waals surface area contributed by atoms with Gasteiger partial charge < -0.3 is 14.2 Å². The first kappa shape index (κ1) is 69.1. The molecule has 72 heavy (non-hydrogen) atoms. The maximum Gasteiger partial charge on any atom is 0.306 e. The van der Waals surface area contributed by atoms with E-state index in [1.165, 1.54) is 199 Å². The molecule has 0 heterocycles. The zero-order chi connectivity index (χ0) is 52.2. The number of esters is 3. The van der Waals surface area contributed by atoms with E-state index in [-0.39, 0.29) is 31.1 Å². The lowest BCUT2D eigenvalue weighted by molar-refractivity contribution is -0.167. The van der Waals surface area contributed by atoms with E-state index < -0.39 is 6.10 Å². The molecule has 0 aromatic carbocycles. The molecule has 6 nitrogen and oxygen atoms in total. The van der Waals surface area contributed by atoms with Gasteiger partial charge >= 0.3 is 17.9 Å². The Kier molecular flexibility index (Phi) is 58.2. The minimum absolute atomic E-state index is 0.0717. The van der Waals surface area contributed by atoms with Crippen molar-refractivity contribution in [2.45, 2.75) is 329 Å². The van der Waals surface area contributed by atoms with E-state index in [9.17, 15) is 14.4 Å². The summed E-state index contributed by atoms with van der Waals surface area (Å²) in [5.41, 5.74) is 0. The smallest absolute Gasteiger partial charge is 0.306 e. The molecule has 418 valence electrons. The summed E-state index contributed by atoms with van der Waals surface area (Å²) in [6.07, 6.45) is 76.8. The Hall–Kier alpha value is -2.89. The first-order chi connectivity index (χ1) is 35.5. The summed E-state index contributed by atoms with van der Waals surface area (Å²) in [6, 6.07) is 0. The maximum absolute atomic E-state index is 12.8. The molecule has 0 rings (SSSR count). The van der Waals surface area contributed by atoms with Crippen LogP contribution in [0.1, 0.15) is 323 Å². The van der Waals surface area contributed by atoms with Crippen molar-refractivity contribution in [3.05, 3.63) is 60.8 Å². The van der Waals surface area contributed by atoms with E-state index in [0.29, 0.717) is 19.3 Å². The van der Waals surface area contributed by atoms with Gasteiger partial charge in [-0.2, -0.15) is 0 Å². The Bertz CT molecular complexity index is 1290. The number of hydrogen-bond donors (Lipinski definition) is 0. The van der Waals surface area contributed by atoms with Crippen LogP contribution in [0.15, 0.2) is 60.8 Å². The topological polar surface area (TPSA) is 78.9 Å². The molecule has 0 fully saturated rings. The summed E-state index contributed by atoms with van der Waals surface area (Å²) in [7, 11) is 0. The summed E-state index contributed by atoms with van der Waals surface area (Å²) >= 11 is 0. The minimum Gasteiger partial charge on any atom is -0.462 e. The molecule has 0 spiro atoms. The third kappa shape index (κ3) is 58.0. The van der Waals surface area contributed by atoms with Crippen molar-refractivity contribution in [3.8, 4) is 0 Å². The van der Waals surface area contributed by atoms with Gasteiger partial charge in [0.05, 0.1) is 0 Å². The van der Waals surface area contributed by atoms with Gasteiger partial charge in [-0.3, -0.25) is 14.4 Å². The van der Waals surface area contributed by atoms with E-state index >= 15 is 0 Å². The van der Waals surface area contributed by atoms with E-state index in [1.807, 2.05) is 0 Å². The van der Waals surface area contributed by atoms with Gasteiger partial charge in [-0.15, -0.1) is 0 Å². The van der Waals surface area contributed by atoms with Crippen LogP contribution in [-0.4, -0.2) is 37.2 Å². The van der Waals surface area contributed by atoms with Crippen molar-refractivity contribution in [1.29, 1.82) is 0 Å². The van der Waals surface area contributed by atoms with E-state index in [4.69, 9.17) is 14.2 Å². The van der Waals surface area contributed by atoms with E-state index in [1.54, 1.807) is 0 Å². The molecule has 0 aromatic heterocycles. The molecule has 1 unspecified atom stereocenters. The van der Waals surface area contributed by atoms with Crippen molar-refractivity contribution in [2.75, 3.05) is 13.2 Å². The molecular weight excluding hydrogens is 889 g/mol. The van der Waals surface area contributed by atoms with Gasteiger partial charge in [-0.1, -0.05) is 281 Å². The second-order valence-electron chi connectivity index (χ2n) is 20.9. The molecule has 0 N–H and O–H groups in total. The molecular formula is C66H118O6. The fourth-order valence-corrected chi connectivity index (χ4v) is 9.08. The molecule has 0 aliphatic heterocycles. The lowest BCUT2D eigenvalue weighted by atomic mass is 10.0. The zero-order valence-corrected chi connectivity index (χ0v) is 47.9. The summed E-state index contributed by atoms with van der Waals surface area (Å²) in [6.45, 7) is 6.53. The average Bonchev–Trinajstić information content (AvgIpc) is 3.38. The highest BCUT2D eigenvalue weighted by molar-refractivity contribution is 5.71. The summed E-state index contributed by atoms with van der Waals surface area (Å²) in [4.78, 5) is 38.1. The van der Waals surface area contributed by atoms with Gasteiger partial charge in [0.15, 0.2) is 6.10 Å². The fourth-order valence-electron chi connectivity index (χ4n) is 9.08. The maximum atomic E-state index is 12.8. The Labute approximate surface area is 447 Å². The zero-order valence-electron chi connectivity index (χ0n) is 47.9. The number of hydrogen-bond acceptors (Lipinski definition) is 6. The van der Waals surface area contributed by atoms with Crippen LogP contribution in [0.3, 0.4) is 0 Å². The molecule has 0 saturated carbocycles. The second kappa shape index (κ2) is 60.7. The minimum atomic E-state index is -0.772. The average molecular weight is 1010 g/mol. The fraction of sp³-hybridized carbons (Fsp3) is 0.803. The van der Waals surface area contributed by atoms with Gasteiger partial charge in [-0.05, 0) is 83.5 Å². The van der Waals surface area contributed by atoms with Crippen LogP contribution in [0.25, 0.3) is 0 Å². The number of ether oxygens (including phenoxy) is 3. The number of carbonyl (C=O) groups excluding carboxylic acids is 3. The molecule has 0 aromatic rings. The molecule has 0 aliphatic carbocycles. The first-order valence-electron chi connectivity index (χ1n) is 31.3. The predicted molar refractivity (Wildman–Crippen MR) is 312 cm³/mol. The Morgan fingerprint density at radius 3 is 0.861 bits per heavy atom. The van der Waals surface area contributed by atoms with Crippen LogP contribution in [0.4, 0.5) is 0 Å². The standard InChI is InChI=1S/C66H118O6/c1-4-7-10-13-16-19-21-23-25-27-28-29-30-31-32-33-34-35-36-37-38-40-41-43-45-47-50-53-56-59-65(68)71-62-63(61-70-64(67)58-55-52-49-18-15-12-9-6-3)72-66(69)60-57-54-51-48-46-44-42-39-26-24-22-20-17-14-11-8-5-2/h7,10,16,19,23-26,28-29,63H,4-6,8-9,11-15,17-18,20-22,27,30-62H2,1-3H3/b10-7-,19-16-,25-23-,26-24-,29-28-. The van der Waals surface area contributed by atoms with Crippen LogP contribution in [-0.2, 0) is 28.6 Å². The monoisotopic (exact) mass is 1010 g/mol. The van der Waals surface area contributed by atoms with E-state index in [0.717, 1.165) is 83.5 Å². The van der Waals surface area contributed by atoms with Crippen molar-refractivity contribution in [3.63, 3.8) is 0 Å². The normalized spacial score (nSPS) is 12.4. The van der Waals surface area contributed by atoms with Crippen LogP contribution in [0.2, 0.25) is 0 Å². The number of carbonyl (C=O) groups is 3. The van der Waals surface area contributed by atoms with Crippen molar-refractivity contribution >= 4 is 17.9 Å². The molecule has 0 amide bonds.